The molecule has 0 amide bonds. The number of benzene rings is 1. The molecule has 2 atom stereocenters. The first-order chi connectivity index (χ1) is 11.6. The zero-order valence-corrected chi connectivity index (χ0v) is 18.4. The fraction of sp³-hybridized carbons (Fsp3) is 0.611. The molecule has 2 N–H and O–H groups in total. The number of nitrogens with one attached hydrogen (secondary N) is 2. The van der Waals surface area contributed by atoms with E-state index in [9.17, 15) is 0 Å². The van der Waals surface area contributed by atoms with Gasteiger partial charge in [0, 0.05) is 38.2 Å². The van der Waals surface area contributed by atoms with E-state index in [1.807, 2.05) is 18.2 Å². The van der Waals surface area contributed by atoms with Crippen molar-refractivity contribution in [3.63, 3.8) is 0 Å². The average Bonchev–Trinajstić information content (AvgIpc) is 2.59. The van der Waals surface area contributed by atoms with Gasteiger partial charge in [0.2, 0.25) is 0 Å². The van der Waals surface area contributed by atoms with Gasteiger partial charge in [0.1, 0.15) is 0 Å². The smallest absolute Gasteiger partial charge is 0.191 e. The summed E-state index contributed by atoms with van der Waals surface area (Å²) >= 11 is 6.07. The van der Waals surface area contributed by atoms with Crippen molar-refractivity contribution in [3.8, 4) is 0 Å². The van der Waals surface area contributed by atoms with E-state index in [4.69, 9.17) is 16.3 Å². The largest absolute Gasteiger partial charge is 0.379 e. The molecule has 1 aliphatic rings. The highest BCUT2D eigenvalue weighted by Crippen LogP contribution is 2.17. The van der Waals surface area contributed by atoms with Crippen molar-refractivity contribution in [2.75, 3.05) is 46.4 Å². The number of ether oxygens (including phenoxy) is 1. The Morgan fingerprint density at radius 3 is 2.68 bits per heavy atom. The van der Waals surface area contributed by atoms with Gasteiger partial charge in [0.25, 0.3) is 0 Å². The quantitative estimate of drug-likeness (QED) is 0.373. The predicted octanol–water partition coefficient (Wildman–Crippen LogP) is 3.15. The van der Waals surface area contributed by atoms with Crippen LogP contribution >= 0.6 is 35.6 Å². The van der Waals surface area contributed by atoms with Crippen molar-refractivity contribution in [3.05, 3.63) is 34.9 Å². The maximum Gasteiger partial charge on any atom is 0.191 e. The first-order valence-corrected chi connectivity index (χ1v) is 8.99. The van der Waals surface area contributed by atoms with Crippen molar-refractivity contribution in [1.82, 2.24) is 15.5 Å². The SMILES string of the molecule is CN=C(NCC(C)CN1CCOCC1)NC(C)c1cccc(Cl)c1.I. The van der Waals surface area contributed by atoms with Gasteiger partial charge >= 0.3 is 0 Å². The topological polar surface area (TPSA) is 48.9 Å². The molecule has 0 aliphatic carbocycles. The van der Waals surface area contributed by atoms with E-state index < -0.39 is 0 Å². The Hall–Kier alpha value is -0.570. The Balaban J connectivity index is 0.00000312. The monoisotopic (exact) mass is 480 g/mol. The van der Waals surface area contributed by atoms with E-state index in [0.717, 1.165) is 55.9 Å². The summed E-state index contributed by atoms with van der Waals surface area (Å²) in [6, 6.07) is 8.05. The second-order valence-electron chi connectivity index (χ2n) is 6.39. The summed E-state index contributed by atoms with van der Waals surface area (Å²) in [5.41, 5.74) is 1.15. The van der Waals surface area contributed by atoms with Crippen molar-refractivity contribution in [2.45, 2.75) is 19.9 Å². The first-order valence-electron chi connectivity index (χ1n) is 8.61. The van der Waals surface area contributed by atoms with Crippen LogP contribution in [-0.4, -0.2) is 57.3 Å². The molecule has 7 heteroatoms. The number of hydrogen-bond acceptors (Lipinski definition) is 3. The summed E-state index contributed by atoms with van der Waals surface area (Å²) in [5.74, 6) is 1.36. The highest BCUT2D eigenvalue weighted by Gasteiger charge is 2.14. The van der Waals surface area contributed by atoms with Crippen molar-refractivity contribution in [2.24, 2.45) is 10.9 Å². The normalized spacial score (nSPS) is 18.2. The van der Waals surface area contributed by atoms with Gasteiger partial charge in [-0.2, -0.15) is 0 Å². The molecule has 0 saturated carbocycles. The molecule has 0 radical (unpaired) electrons. The molecule has 1 heterocycles. The molecule has 1 aliphatic heterocycles. The lowest BCUT2D eigenvalue weighted by Gasteiger charge is -2.29. The Morgan fingerprint density at radius 2 is 2.04 bits per heavy atom. The highest BCUT2D eigenvalue weighted by atomic mass is 127. The zero-order valence-electron chi connectivity index (χ0n) is 15.3. The lowest BCUT2D eigenvalue weighted by molar-refractivity contribution is 0.0320. The molecule has 5 nitrogen and oxygen atoms in total. The Bertz CT molecular complexity index is 538. The summed E-state index contributed by atoms with van der Waals surface area (Å²) in [6.07, 6.45) is 0. The summed E-state index contributed by atoms with van der Waals surface area (Å²) in [7, 11) is 1.80. The van der Waals surface area contributed by atoms with E-state index in [0.29, 0.717) is 5.92 Å². The number of rotatable bonds is 6. The molecule has 1 aromatic rings. The molecular formula is C18H30ClIN4O. The van der Waals surface area contributed by atoms with Crippen LogP contribution in [0.2, 0.25) is 5.02 Å². The number of morpholine rings is 1. The van der Waals surface area contributed by atoms with Gasteiger partial charge in [0.05, 0.1) is 19.3 Å². The predicted molar refractivity (Wildman–Crippen MR) is 116 cm³/mol. The Labute approximate surface area is 173 Å². The van der Waals surface area contributed by atoms with Gasteiger partial charge in [-0.15, -0.1) is 24.0 Å². The summed E-state index contributed by atoms with van der Waals surface area (Å²) in [5, 5.41) is 7.59. The van der Waals surface area contributed by atoms with Crippen LogP contribution in [0.5, 0.6) is 0 Å². The Kier molecular flexibility index (Phi) is 10.7. The second kappa shape index (κ2) is 11.9. The third kappa shape index (κ3) is 8.11. The van der Waals surface area contributed by atoms with Gasteiger partial charge in [-0.3, -0.25) is 9.89 Å². The van der Waals surface area contributed by atoms with Crippen molar-refractivity contribution >= 4 is 41.5 Å². The van der Waals surface area contributed by atoms with Crippen LogP contribution in [-0.2, 0) is 4.74 Å². The van der Waals surface area contributed by atoms with Gasteiger partial charge < -0.3 is 15.4 Å². The van der Waals surface area contributed by atoms with E-state index in [1.54, 1.807) is 7.05 Å². The number of guanidine groups is 1. The zero-order chi connectivity index (χ0) is 17.4. The fourth-order valence-electron chi connectivity index (χ4n) is 2.82. The number of halogens is 2. The standard InChI is InChI=1S/C18H29ClN4O.HI/c1-14(13-23-7-9-24-10-8-23)12-21-18(20-3)22-15(2)16-5-4-6-17(19)11-16;/h4-6,11,14-15H,7-10,12-13H2,1-3H3,(H2,20,21,22);1H. The van der Waals surface area contributed by atoms with Crippen LogP contribution in [0.25, 0.3) is 0 Å². The molecule has 25 heavy (non-hydrogen) atoms. The van der Waals surface area contributed by atoms with E-state index in [2.05, 4.69) is 40.4 Å². The van der Waals surface area contributed by atoms with Gasteiger partial charge in [-0.1, -0.05) is 30.7 Å². The summed E-state index contributed by atoms with van der Waals surface area (Å²) < 4.78 is 5.40. The minimum Gasteiger partial charge on any atom is -0.379 e. The van der Waals surface area contributed by atoms with Crippen LogP contribution in [0.3, 0.4) is 0 Å². The maximum absolute atomic E-state index is 6.07. The minimum absolute atomic E-state index is 0. The van der Waals surface area contributed by atoms with Crippen LogP contribution in [0.15, 0.2) is 29.3 Å². The molecule has 1 fully saturated rings. The molecular weight excluding hydrogens is 451 g/mol. The number of aliphatic imine (C=N–C) groups is 1. The number of hydrogen-bond donors (Lipinski definition) is 2. The van der Waals surface area contributed by atoms with Crippen LogP contribution in [0, 0.1) is 5.92 Å². The average molecular weight is 481 g/mol. The summed E-state index contributed by atoms with van der Waals surface area (Å²) in [4.78, 5) is 6.78. The maximum atomic E-state index is 6.07. The molecule has 0 bridgehead atoms. The van der Waals surface area contributed by atoms with E-state index in [1.165, 1.54) is 0 Å². The molecule has 1 saturated heterocycles. The van der Waals surface area contributed by atoms with Crippen LogP contribution in [0.4, 0.5) is 0 Å². The highest BCUT2D eigenvalue weighted by molar-refractivity contribution is 14.0. The van der Waals surface area contributed by atoms with Gasteiger partial charge in [0.15, 0.2) is 5.96 Å². The molecule has 142 valence electrons. The minimum atomic E-state index is 0. The van der Waals surface area contributed by atoms with E-state index >= 15 is 0 Å². The first kappa shape index (κ1) is 22.5. The van der Waals surface area contributed by atoms with Crippen LogP contribution < -0.4 is 10.6 Å². The third-order valence-corrected chi connectivity index (χ3v) is 4.45. The molecule has 2 unspecified atom stereocenters. The fourth-order valence-corrected chi connectivity index (χ4v) is 3.02. The lowest BCUT2D eigenvalue weighted by Crippen LogP contribution is -2.44. The molecule has 0 spiro atoms. The van der Waals surface area contributed by atoms with Gasteiger partial charge in [-0.25, -0.2) is 0 Å². The molecule has 1 aromatic carbocycles. The molecule has 0 aromatic heterocycles. The van der Waals surface area contributed by atoms with Crippen molar-refractivity contribution in [1.29, 1.82) is 0 Å². The number of nitrogens with zero attached hydrogens (tertiary/aromatic N) is 2. The Morgan fingerprint density at radius 1 is 1.32 bits per heavy atom. The lowest BCUT2D eigenvalue weighted by atomic mass is 10.1. The second-order valence-corrected chi connectivity index (χ2v) is 6.83. The third-order valence-electron chi connectivity index (χ3n) is 4.22. The van der Waals surface area contributed by atoms with Crippen LogP contribution in [0.1, 0.15) is 25.5 Å². The summed E-state index contributed by atoms with van der Waals surface area (Å²) in [6.45, 7) is 10.1. The van der Waals surface area contributed by atoms with Crippen molar-refractivity contribution < 1.29 is 4.74 Å². The van der Waals surface area contributed by atoms with Gasteiger partial charge in [-0.05, 0) is 30.5 Å². The van der Waals surface area contributed by atoms with E-state index in [-0.39, 0.29) is 30.0 Å². The molecule has 2 rings (SSSR count).